The summed E-state index contributed by atoms with van der Waals surface area (Å²) in [5, 5.41) is 7.29. The molecule has 2 aromatic rings. The highest BCUT2D eigenvalue weighted by molar-refractivity contribution is 5.58. The highest BCUT2D eigenvalue weighted by Gasteiger charge is 2.42. The molecule has 4 rings (SSSR count). The molecule has 2 aromatic carbocycles. The van der Waals surface area contributed by atoms with Gasteiger partial charge in [-0.3, -0.25) is 0 Å². The number of anilines is 1. The molecule has 2 aliphatic rings. The van der Waals surface area contributed by atoms with Crippen LogP contribution in [0, 0.1) is 11.7 Å². The Morgan fingerprint density at radius 2 is 1.93 bits per heavy atom. The van der Waals surface area contributed by atoms with E-state index >= 15 is 0 Å². The largest absolute Gasteiger partial charge is 0.378 e. The molecule has 4 atom stereocenters. The van der Waals surface area contributed by atoms with E-state index in [9.17, 15) is 4.39 Å². The maximum absolute atomic E-state index is 13.5. The average Bonchev–Trinajstić information content (AvgIpc) is 2.76. The van der Waals surface area contributed by atoms with E-state index < -0.39 is 0 Å². The molecule has 5 heteroatoms. The van der Waals surface area contributed by atoms with Crippen molar-refractivity contribution in [3.05, 3.63) is 65.0 Å². The predicted octanol–water partition coefficient (Wildman–Crippen LogP) is 4.54. The second-order valence-corrected chi connectivity index (χ2v) is 8.88. The van der Waals surface area contributed by atoms with Crippen molar-refractivity contribution in [1.29, 1.82) is 0 Å². The quantitative estimate of drug-likeness (QED) is 0.656. The molecule has 2 N–H and O–H groups in total. The van der Waals surface area contributed by atoms with Crippen molar-refractivity contribution in [3.8, 4) is 0 Å². The molecule has 0 bridgehead atoms. The molecule has 30 heavy (non-hydrogen) atoms. The summed E-state index contributed by atoms with van der Waals surface area (Å²) in [6.07, 6.45) is 3.44. The van der Waals surface area contributed by atoms with Crippen LogP contribution in [0.1, 0.15) is 48.6 Å². The fourth-order valence-electron chi connectivity index (χ4n) is 4.74. The van der Waals surface area contributed by atoms with Gasteiger partial charge in [-0.05, 0) is 62.7 Å². The first-order chi connectivity index (χ1) is 14.5. The second-order valence-electron chi connectivity index (χ2n) is 8.88. The lowest BCUT2D eigenvalue weighted by Gasteiger charge is -2.46. The maximum atomic E-state index is 13.5. The number of nitrogens with one attached hydrogen (secondary N) is 2. The predicted molar refractivity (Wildman–Crippen MR) is 120 cm³/mol. The summed E-state index contributed by atoms with van der Waals surface area (Å²) in [5.74, 6) is 0.149. The van der Waals surface area contributed by atoms with Gasteiger partial charge in [-0.2, -0.15) is 0 Å². The fourth-order valence-corrected chi connectivity index (χ4v) is 4.74. The van der Waals surface area contributed by atoms with Gasteiger partial charge in [-0.1, -0.05) is 31.2 Å². The van der Waals surface area contributed by atoms with E-state index in [0.29, 0.717) is 5.92 Å². The maximum Gasteiger partial charge on any atom is 0.123 e. The number of hydrogen-bond acceptors (Lipinski definition) is 4. The van der Waals surface area contributed by atoms with Crippen molar-refractivity contribution in [3.63, 3.8) is 0 Å². The Morgan fingerprint density at radius 1 is 1.13 bits per heavy atom. The van der Waals surface area contributed by atoms with Crippen molar-refractivity contribution in [2.75, 3.05) is 39.0 Å². The van der Waals surface area contributed by atoms with Gasteiger partial charge in [-0.25, -0.2) is 4.39 Å². The van der Waals surface area contributed by atoms with Crippen LogP contribution in [-0.4, -0.2) is 44.7 Å². The first-order valence-corrected chi connectivity index (χ1v) is 11.2. The summed E-state index contributed by atoms with van der Waals surface area (Å²) < 4.78 is 20.2. The molecule has 2 aliphatic heterocycles. The van der Waals surface area contributed by atoms with E-state index in [4.69, 9.17) is 4.74 Å². The Balaban J connectivity index is 1.56. The van der Waals surface area contributed by atoms with E-state index in [1.54, 1.807) is 12.1 Å². The molecule has 0 spiro atoms. The number of rotatable bonds is 7. The molecule has 0 unspecified atom stereocenters. The SMILES string of the molecule is CCc1ccc2c(c1)[C@H]1O[C@@H](CNCCN(C)C)CC[C@H]1[C@H](c1ccc(F)cc1)N2. The Kier molecular flexibility index (Phi) is 6.71. The number of halogens is 1. The van der Waals surface area contributed by atoms with E-state index in [1.807, 2.05) is 12.1 Å². The summed E-state index contributed by atoms with van der Waals surface area (Å²) in [6, 6.07) is 13.8. The van der Waals surface area contributed by atoms with Crippen molar-refractivity contribution >= 4 is 5.69 Å². The summed E-state index contributed by atoms with van der Waals surface area (Å²) in [5.41, 5.74) is 4.88. The first-order valence-electron chi connectivity index (χ1n) is 11.2. The Labute approximate surface area is 179 Å². The minimum Gasteiger partial charge on any atom is -0.378 e. The van der Waals surface area contributed by atoms with Crippen LogP contribution in [0.5, 0.6) is 0 Å². The van der Waals surface area contributed by atoms with E-state index in [2.05, 4.69) is 54.8 Å². The van der Waals surface area contributed by atoms with Gasteiger partial charge in [0.25, 0.3) is 0 Å². The smallest absolute Gasteiger partial charge is 0.123 e. The lowest BCUT2D eigenvalue weighted by Crippen LogP contribution is -2.42. The number of ether oxygens (including phenoxy) is 1. The first kappa shape index (κ1) is 21.3. The molecular formula is C25H34FN3O. The number of benzene rings is 2. The molecule has 0 saturated carbocycles. The minimum absolute atomic E-state index is 0.0669. The minimum atomic E-state index is -0.192. The third kappa shape index (κ3) is 4.69. The molecule has 162 valence electrons. The van der Waals surface area contributed by atoms with Crippen LogP contribution in [0.3, 0.4) is 0 Å². The van der Waals surface area contributed by atoms with Gasteiger partial charge >= 0.3 is 0 Å². The Morgan fingerprint density at radius 3 is 2.67 bits per heavy atom. The normalized spacial score (nSPS) is 25.5. The lowest BCUT2D eigenvalue weighted by atomic mass is 9.76. The van der Waals surface area contributed by atoms with Crippen molar-refractivity contribution in [2.24, 2.45) is 5.92 Å². The summed E-state index contributed by atoms with van der Waals surface area (Å²) in [4.78, 5) is 2.19. The summed E-state index contributed by atoms with van der Waals surface area (Å²) >= 11 is 0. The van der Waals surface area contributed by atoms with E-state index in [1.165, 1.54) is 11.1 Å². The summed E-state index contributed by atoms with van der Waals surface area (Å²) in [6.45, 7) is 5.07. The molecular weight excluding hydrogens is 377 g/mol. The zero-order valence-corrected chi connectivity index (χ0v) is 18.3. The van der Waals surface area contributed by atoms with Gasteiger partial charge in [0.05, 0.1) is 18.2 Å². The van der Waals surface area contributed by atoms with Crippen LogP contribution in [0.2, 0.25) is 0 Å². The van der Waals surface area contributed by atoms with Crippen molar-refractivity contribution < 1.29 is 9.13 Å². The van der Waals surface area contributed by atoms with E-state index in [-0.39, 0.29) is 24.1 Å². The molecule has 1 saturated heterocycles. The molecule has 0 radical (unpaired) electrons. The van der Waals surface area contributed by atoms with Gasteiger partial charge in [0.2, 0.25) is 0 Å². The molecule has 4 nitrogen and oxygen atoms in total. The lowest BCUT2D eigenvalue weighted by molar-refractivity contribution is -0.0915. The number of nitrogens with zero attached hydrogens (tertiary/aromatic N) is 1. The number of aryl methyl sites for hydroxylation is 1. The van der Waals surface area contributed by atoms with Gasteiger partial charge in [0.15, 0.2) is 0 Å². The second kappa shape index (κ2) is 9.46. The Hall–Kier alpha value is -1.95. The van der Waals surface area contributed by atoms with Crippen LogP contribution in [0.15, 0.2) is 42.5 Å². The van der Waals surface area contributed by atoms with Crippen LogP contribution in [-0.2, 0) is 11.2 Å². The van der Waals surface area contributed by atoms with Gasteiger partial charge < -0.3 is 20.3 Å². The third-order valence-corrected chi connectivity index (χ3v) is 6.46. The zero-order valence-electron chi connectivity index (χ0n) is 18.3. The zero-order chi connectivity index (χ0) is 21.1. The van der Waals surface area contributed by atoms with Crippen LogP contribution in [0.4, 0.5) is 10.1 Å². The van der Waals surface area contributed by atoms with Crippen LogP contribution in [0.25, 0.3) is 0 Å². The fraction of sp³-hybridized carbons (Fsp3) is 0.520. The van der Waals surface area contributed by atoms with Crippen molar-refractivity contribution in [1.82, 2.24) is 10.2 Å². The van der Waals surface area contributed by atoms with Crippen molar-refractivity contribution in [2.45, 2.75) is 44.4 Å². The van der Waals surface area contributed by atoms with Gasteiger partial charge in [0, 0.05) is 36.8 Å². The summed E-state index contributed by atoms with van der Waals surface area (Å²) in [7, 11) is 4.19. The monoisotopic (exact) mass is 411 g/mol. The number of likely N-dealkylation sites (N-methyl/N-ethyl adjacent to an activating group) is 1. The topological polar surface area (TPSA) is 36.5 Å². The molecule has 0 aromatic heterocycles. The Bertz CT molecular complexity index is 839. The molecule has 2 heterocycles. The highest BCUT2D eigenvalue weighted by atomic mass is 19.1. The third-order valence-electron chi connectivity index (χ3n) is 6.46. The molecule has 0 amide bonds. The number of fused-ring (bicyclic) bond motifs is 3. The standard InChI is InChI=1S/C25H34FN3O/c1-4-17-5-12-23-22(15-17)25-21(24(28-23)18-6-8-19(26)9-7-18)11-10-20(30-25)16-27-13-14-29(2)3/h5-9,12,15,20-21,24-25,27-28H,4,10-11,13-14,16H2,1-3H3/t20-,21+,24+,25+/m1/s1. The van der Waals surface area contributed by atoms with Gasteiger partial charge in [-0.15, -0.1) is 0 Å². The number of hydrogen-bond donors (Lipinski definition) is 2. The van der Waals surface area contributed by atoms with Crippen LogP contribution >= 0.6 is 0 Å². The molecule has 1 fully saturated rings. The average molecular weight is 412 g/mol. The van der Waals surface area contributed by atoms with Crippen LogP contribution < -0.4 is 10.6 Å². The van der Waals surface area contributed by atoms with Gasteiger partial charge in [0.1, 0.15) is 5.82 Å². The van der Waals surface area contributed by atoms with E-state index in [0.717, 1.165) is 50.1 Å². The highest BCUT2D eigenvalue weighted by Crippen LogP contribution is 2.50. The molecule has 0 aliphatic carbocycles.